The van der Waals surface area contributed by atoms with E-state index in [9.17, 15) is 9.59 Å². The molecule has 1 saturated heterocycles. The van der Waals surface area contributed by atoms with E-state index >= 15 is 0 Å². The summed E-state index contributed by atoms with van der Waals surface area (Å²) in [5.41, 5.74) is 0. The zero-order valence-corrected chi connectivity index (χ0v) is 11.4. The Bertz CT molecular complexity index is 273. The van der Waals surface area contributed by atoms with Crippen molar-refractivity contribution in [2.24, 2.45) is 0 Å². The predicted molar refractivity (Wildman–Crippen MR) is 70.2 cm³/mol. The second kappa shape index (κ2) is 8.05. The topological polar surface area (TPSA) is 64.7 Å². The zero-order valence-electron chi connectivity index (χ0n) is 11.4. The van der Waals surface area contributed by atoms with E-state index in [-0.39, 0.29) is 18.4 Å². The van der Waals surface area contributed by atoms with Crippen LogP contribution in [0.15, 0.2) is 0 Å². The van der Waals surface area contributed by atoms with Crippen LogP contribution in [0.4, 0.5) is 0 Å². The van der Waals surface area contributed by atoms with Crippen molar-refractivity contribution in [3.8, 4) is 0 Å². The van der Waals surface area contributed by atoms with Gasteiger partial charge in [0.15, 0.2) is 0 Å². The smallest absolute Gasteiger partial charge is 0.241 e. The van der Waals surface area contributed by atoms with Gasteiger partial charge in [-0.3, -0.25) is 14.5 Å². The lowest BCUT2D eigenvalue weighted by Crippen LogP contribution is -2.48. The Morgan fingerprint density at radius 3 is 2.39 bits per heavy atom. The van der Waals surface area contributed by atoms with E-state index in [0.717, 1.165) is 26.2 Å². The lowest BCUT2D eigenvalue weighted by atomic mass is 10.3. The molecule has 0 bridgehead atoms. The zero-order chi connectivity index (χ0) is 13.4. The number of amides is 2. The first-order chi connectivity index (χ1) is 8.67. The monoisotopic (exact) mass is 256 g/mol. The van der Waals surface area contributed by atoms with Crippen LogP contribution >= 0.6 is 0 Å². The van der Waals surface area contributed by atoms with Gasteiger partial charge in [-0.15, -0.1) is 0 Å². The number of nitrogens with zero attached hydrogens (tertiary/aromatic N) is 2. The molecule has 0 aromatic carbocycles. The largest absolute Gasteiger partial charge is 0.346 e. The molecule has 104 valence electrons. The molecular weight excluding hydrogens is 232 g/mol. The van der Waals surface area contributed by atoms with Gasteiger partial charge in [-0.05, 0) is 13.8 Å². The Kier molecular flexibility index (Phi) is 6.67. The number of hydrogen-bond donors (Lipinski definition) is 2. The maximum atomic E-state index is 11.7. The molecular formula is C12H24N4O2. The third-order valence-electron chi connectivity index (χ3n) is 3.13. The Labute approximate surface area is 109 Å². The highest BCUT2D eigenvalue weighted by atomic mass is 16.2. The normalized spacial score (nSPS) is 16.3. The maximum Gasteiger partial charge on any atom is 0.241 e. The fourth-order valence-corrected chi connectivity index (χ4v) is 1.99. The van der Waals surface area contributed by atoms with Crippen LogP contribution < -0.4 is 10.6 Å². The minimum absolute atomic E-state index is 0.0198. The van der Waals surface area contributed by atoms with Crippen LogP contribution in [0.1, 0.15) is 13.8 Å². The first-order valence-electron chi connectivity index (χ1n) is 6.64. The van der Waals surface area contributed by atoms with Gasteiger partial charge in [-0.25, -0.2) is 0 Å². The van der Waals surface area contributed by atoms with E-state index in [1.54, 1.807) is 4.90 Å². The summed E-state index contributed by atoms with van der Waals surface area (Å²) >= 11 is 0. The van der Waals surface area contributed by atoms with Crippen molar-refractivity contribution in [1.82, 2.24) is 20.4 Å². The number of piperazine rings is 1. The fourth-order valence-electron chi connectivity index (χ4n) is 1.99. The van der Waals surface area contributed by atoms with Crippen LogP contribution in [0.5, 0.6) is 0 Å². The molecule has 6 heteroatoms. The van der Waals surface area contributed by atoms with Gasteiger partial charge in [0.2, 0.25) is 11.8 Å². The van der Waals surface area contributed by atoms with Crippen molar-refractivity contribution in [3.05, 3.63) is 0 Å². The summed E-state index contributed by atoms with van der Waals surface area (Å²) in [6.07, 6.45) is 0. The van der Waals surface area contributed by atoms with Gasteiger partial charge in [0.05, 0.1) is 13.1 Å². The summed E-state index contributed by atoms with van der Waals surface area (Å²) in [4.78, 5) is 27.2. The van der Waals surface area contributed by atoms with Crippen molar-refractivity contribution in [3.63, 3.8) is 0 Å². The highest BCUT2D eigenvalue weighted by molar-refractivity contribution is 5.85. The lowest BCUT2D eigenvalue weighted by Gasteiger charge is -2.26. The fraction of sp³-hybridized carbons (Fsp3) is 0.833. The van der Waals surface area contributed by atoms with E-state index < -0.39 is 0 Å². The summed E-state index contributed by atoms with van der Waals surface area (Å²) in [7, 11) is 0. The minimum Gasteiger partial charge on any atom is -0.346 e. The highest BCUT2D eigenvalue weighted by Gasteiger charge is 2.15. The third-order valence-corrected chi connectivity index (χ3v) is 3.13. The first-order valence-corrected chi connectivity index (χ1v) is 6.64. The minimum atomic E-state index is -0.0718. The summed E-state index contributed by atoms with van der Waals surface area (Å²) in [5.74, 6) is -0.0916. The predicted octanol–water partition coefficient (Wildman–Crippen LogP) is -1.12. The number of rotatable bonds is 6. The molecule has 0 aromatic heterocycles. The van der Waals surface area contributed by atoms with E-state index in [4.69, 9.17) is 0 Å². The molecule has 0 spiro atoms. The van der Waals surface area contributed by atoms with E-state index in [2.05, 4.69) is 15.5 Å². The Hall–Kier alpha value is -1.14. The van der Waals surface area contributed by atoms with Crippen LogP contribution in [-0.2, 0) is 9.59 Å². The number of nitrogens with one attached hydrogen (secondary N) is 2. The average molecular weight is 256 g/mol. The number of likely N-dealkylation sites (N-methyl/N-ethyl adjacent to an activating group) is 1. The van der Waals surface area contributed by atoms with Crippen molar-refractivity contribution >= 4 is 11.8 Å². The molecule has 1 aliphatic heterocycles. The maximum absolute atomic E-state index is 11.7. The molecule has 0 atom stereocenters. The average Bonchev–Trinajstić information content (AvgIpc) is 2.39. The Balaban J connectivity index is 2.21. The highest BCUT2D eigenvalue weighted by Crippen LogP contribution is 1.91. The van der Waals surface area contributed by atoms with E-state index in [0.29, 0.717) is 19.6 Å². The Morgan fingerprint density at radius 2 is 1.83 bits per heavy atom. The van der Waals surface area contributed by atoms with E-state index in [1.165, 1.54) is 0 Å². The van der Waals surface area contributed by atoms with E-state index in [1.807, 2.05) is 13.8 Å². The molecule has 0 aliphatic carbocycles. The SMILES string of the molecule is CCN(CC)C(=O)CNC(=O)CN1CCNCC1. The van der Waals surface area contributed by atoms with Crippen LogP contribution in [-0.4, -0.2) is 74.0 Å². The van der Waals surface area contributed by atoms with Gasteiger partial charge in [-0.1, -0.05) is 0 Å². The van der Waals surface area contributed by atoms with Gasteiger partial charge in [0.1, 0.15) is 0 Å². The molecule has 0 unspecified atom stereocenters. The van der Waals surface area contributed by atoms with Crippen LogP contribution in [0.25, 0.3) is 0 Å². The number of carbonyl (C=O) groups excluding carboxylic acids is 2. The van der Waals surface area contributed by atoms with Gasteiger partial charge in [0, 0.05) is 39.3 Å². The molecule has 0 saturated carbocycles. The van der Waals surface area contributed by atoms with Crippen molar-refractivity contribution in [2.75, 3.05) is 52.4 Å². The van der Waals surface area contributed by atoms with Crippen molar-refractivity contribution in [2.45, 2.75) is 13.8 Å². The molecule has 1 aliphatic rings. The molecule has 1 heterocycles. The van der Waals surface area contributed by atoms with Gasteiger partial charge >= 0.3 is 0 Å². The molecule has 6 nitrogen and oxygen atoms in total. The standard InChI is InChI=1S/C12H24N4O2/c1-3-16(4-2)12(18)9-14-11(17)10-15-7-5-13-6-8-15/h13H,3-10H2,1-2H3,(H,14,17). The summed E-state index contributed by atoms with van der Waals surface area (Å²) in [5, 5.41) is 5.92. The van der Waals surface area contributed by atoms with Crippen molar-refractivity contribution in [1.29, 1.82) is 0 Å². The van der Waals surface area contributed by atoms with Crippen LogP contribution in [0, 0.1) is 0 Å². The van der Waals surface area contributed by atoms with Gasteiger partial charge in [0.25, 0.3) is 0 Å². The molecule has 2 N–H and O–H groups in total. The molecule has 1 fully saturated rings. The molecule has 0 radical (unpaired) electrons. The molecule has 1 rings (SSSR count). The van der Waals surface area contributed by atoms with Crippen molar-refractivity contribution < 1.29 is 9.59 Å². The summed E-state index contributed by atoms with van der Waals surface area (Å²) < 4.78 is 0. The Morgan fingerprint density at radius 1 is 1.22 bits per heavy atom. The van der Waals surface area contributed by atoms with Gasteiger partial charge in [-0.2, -0.15) is 0 Å². The first kappa shape index (κ1) is 14.9. The molecule has 2 amide bonds. The second-order valence-corrected chi connectivity index (χ2v) is 4.37. The quantitative estimate of drug-likeness (QED) is 0.631. The summed E-state index contributed by atoms with van der Waals surface area (Å²) in [6.45, 7) is 9.34. The molecule has 0 aromatic rings. The lowest BCUT2D eigenvalue weighted by molar-refractivity contribution is -0.132. The third kappa shape index (κ3) is 5.01. The summed E-state index contributed by atoms with van der Waals surface area (Å²) in [6, 6.07) is 0. The number of carbonyl (C=O) groups is 2. The van der Waals surface area contributed by atoms with Gasteiger partial charge < -0.3 is 15.5 Å². The van der Waals surface area contributed by atoms with Crippen LogP contribution in [0.3, 0.4) is 0 Å². The molecule has 18 heavy (non-hydrogen) atoms. The van der Waals surface area contributed by atoms with Crippen LogP contribution in [0.2, 0.25) is 0 Å². The second-order valence-electron chi connectivity index (χ2n) is 4.37. The number of hydrogen-bond acceptors (Lipinski definition) is 4.